The lowest BCUT2D eigenvalue weighted by atomic mass is 10.00. The zero-order valence-electron chi connectivity index (χ0n) is 18.8. The van der Waals surface area contributed by atoms with Crippen LogP contribution in [0.5, 0.6) is 0 Å². The molecule has 0 radical (unpaired) electrons. The summed E-state index contributed by atoms with van der Waals surface area (Å²) in [7, 11) is 1.87. The highest BCUT2D eigenvalue weighted by Crippen LogP contribution is 2.22. The Morgan fingerprint density at radius 3 is 2.55 bits per heavy atom. The summed E-state index contributed by atoms with van der Waals surface area (Å²) in [6.45, 7) is 10.3. The van der Waals surface area contributed by atoms with Gasteiger partial charge >= 0.3 is 0 Å². The van der Waals surface area contributed by atoms with Gasteiger partial charge in [-0.3, -0.25) is 4.99 Å². The van der Waals surface area contributed by atoms with Crippen molar-refractivity contribution in [3.8, 4) is 0 Å². The molecule has 6 nitrogen and oxygen atoms in total. The molecule has 2 aliphatic heterocycles. The molecule has 0 aliphatic carbocycles. The van der Waals surface area contributed by atoms with Gasteiger partial charge in [0.1, 0.15) is 5.82 Å². The van der Waals surface area contributed by atoms with Crippen molar-refractivity contribution in [3.63, 3.8) is 0 Å². The number of guanidine groups is 1. The highest BCUT2D eigenvalue weighted by atomic mass is 15.3. The van der Waals surface area contributed by atoms with Crippen molar-refractivity contribution in [2.24, 2.45) is 4.99 Å². The summed E-state index contributed by atoms with van der Waals surface area (Å²) in [5.41, 5.74) is 3.99. The Morgan fingerprint density at radius 2 is 1.87 bits per heavy atom. The summed E-state index contributed by atoms with van der Waals surface area (Å²) in [6, 6.07) is 15.0. The van der Waals surface area contributed by atoms with Crippen LogP contribution in [0.2, 0.25) is 0 Å². The number of pyridine rings is 1. The Labute approximate surface area is 186 Å². The van der Waals surface area contributed by atoms with Crippen molar-refractivity contribution >= 4 is 17.4 Å². The standard InChI is InChI=1S/C25H34N6/c1-3-29-15-17-30(18-16-29)24-19-21(9-12-27-24)20-28-25(26-2)31-13-10-23(11-14-31)22-7-5-4-6-8-22/h4-10,12,19H,3,11,13-18,20H2,1-2H3,(H,26,28). The summed E-state index contributed by atoms with van der Waals surface area (Å²) < 4.78 is 0. The average Bonchev–Trinajstić information content (AvgIpc) is 2.85. The van der Waals surface area contributed by atoms with E-state index in [4.69, 9.17) is 0 Å². The molecule has 0 saturated carbocycles. The van der Waals surface area contributed by atoms with E-state index in [1.807, 2.05) is 13.2 Å². The Morgan fingerprint density at radius 1 is 1.06 bits per heavy atom. The molecule has 6 heteroatoms. The van der Waals surface area contributed by atoms with Crippen LogP contribution in [0.15, 0.2) is 59.7 Å². The summed E-state index contributed by atoms with van der Waals surface area (Å²) in [5, 5.41) is 3.55. The Balaban J connectivity index is 1.33. The molecule has 1 fully saturated rings. The van der Waals surface area contributed by atoms with E-state index in [2.05, 4.69) is 85.5 Å². The molecule has 1 saturated heterocycles. The Kier molecular flexibility index (Phi) is 7.20. The van der Waals surface area contributed by atoms with Gasteiger partial charge < -0.3 is 20.0 Å². The number of nitrogens with one attached hydrogen (secondary N) is 1. The summed E-state index contributed by atoms with van der Waals surface area (Å²) in [5.74, 6) is 2.04. The molecule has 164 valence electrons. The third-order valence-electron chi connectivity index (χ3n) is 6.27. The fraction of sp³-hybridized carbons (Fsp3) is 0.440. The average molecular weight is 419 g/mol. The Hall–Kier alpha value is -2.86. The van der Waals surface area contributed by atoms with Crippen LogP contribution < -0.4 is 10.2 Å². The van der Waals surface area contributed by atoms with Crippen molar-refractivity contribution < 1.29 is 0 Å². The lowest BCUT2D eigenvalue weighted by molar-refractivity contribution is 0.270. The van der Waals surface area contributed by atoms with Crippen LogP contribution >= 0.6 is 0 Å². The van der Waals surface area contributed by atoms with Crippen LogP contribution in [0.1, 0.15) is 24.5 Å². The van der Waals surface area contributed by atoms with E-state index in [1.54, 1.807) is 0 Å². The van der Waals surface area contributed by atoms with Gasteiger partial charge in [-0.2, -0.15) is 0 Å². The molecule has 0 atom stereocenters. The molecule has 31 heavy (non-hydrogen) atoms. The predicted octanol–water partition coefficient (Wildman–Crippen LogP) is 3.09. The number of rotatable bonds is 5. The van der Waals surface area contributed by atoms with Gasteiger partial charge in [-0.25, -0.2) is 4.98 Å². The molecule has 1 N–H and O–H groups in total. The first kappa shape index (κ1) is 21.4. The fourth-order valence-electron chi connectivity index (χ4n) is 4.33. The van der Waals surface area contributed by atoms with Gasteiger partial charge in [0, 0.05) is 59.1 Å². The van der Waals surface area contributed by atoms with Gasteiger partial charge in [-0.1, -0.05) is 43.3 Å². The first-order chi connectivity index (χ1) is 15.3. The number of anilines is 1. The quantitative estimate of drug-likeness (QED) is 0.597. The molecule has 0 amide bonds. The van der Waals surface area contributed by atoms with Crippen molar-refractivity contribution in [2.45, 2.75) is 19.9 Å². The molecule has 2 aliphatic rings. The molecule has 0 unspecified atom stereocenters. The fourth-order valence-corrected chi connectivity index (χ4v) is 4.33. The first-order valence-corrected chi connectivity index (χ1v) is 11.4. The van der Waals surface area contributed by atoms with Crippen LogP contribution in [0, 0.1) is 0 Å². The van der Waals surface area contributed by atoms with Crippen LogP contribution in [-0.4, -0.2) is 73.6 Å². The third-order valence-corrected chi connectivity index (χ3v) is 6.27. The smallest absolute Gasteiger partial charge is 0.194 e. The lowest BCUT2D eigenvalue weighted by Gasteiger charge is -2.35. The minimum atomic E-state index is 0.753. The number of nitrogens with zero attached hydrogens (tertiary/aromatic N) is 5. The number of hydrogen-bond acceptors (Lipinski definition) is 4. The maximum atomic E-state index is 4.62. The van der Waals surface area contributed by atoms with E-state index < -0.39 is 0 Å². The largest absolute Gasteiger partial charge is 0.354 e. The van der Waals surface area contributed by atoms with Crippen molar-refractivity contribution in [2.75, 3.05) is 57.8 Å². The predicted molar refractivity (Wildman–Crippen MR) is 129 cm³/mol. The van der Waals surface area contributed by atoms with E-state index in [0.717, 1.165) is 70.6 Å². The van der Waals surface area contributed by atoms with Crippen molar-refractivity contribution in [3.05, 3.63) is 65.9 Å². The number of benzene rings is 1. The van der Waals surface area contributed by atoms with E-state index in [-0.39, 0.29) is 0 Å². The molecule has 2 aromatic rings. The van der Waals surface area contributed by atoms with Gasteiger partial charge in [-0.05, 0) is 41.8 Å². The maximum Gasteiger partial charge on any atom is 0.194 e. The van der Waals surface area contributed by atoms with E-state index in [1.165, 1.54) is 16.7 Å². The number of aliphatic imine (C=N–C) groups is 1. The number of hydrogen-bond donors (Lipinski definition) is 1. The van der Waals surface area contributed by atoms with E-state index in [9.17, 15) is 0 Å². The van der Waals surface area contributed by atoms with Gasteiger partial charge in [0.05, 0.1) is 0 Å². The van der Waals surface area contributed by atoms with Gasteiger partial charge in [0.2, 0.25) is 0 Å². The molecular weight excluding hydrogens is 384 g/mol. The monoisotopic (exact) mass is 418 g/mol. The van der Waals surface area contributed by atoms with Crippen molar-refractivity contribution in [1.29, 1.82) is 0 Å². The second-order valence-electron chi connectivity index (χ2n) is 8.14. The Bertz CT molecular complexity index is 899. The molecule has 1 aromatic heterocycles. The molecular formula is C25H34N6. The molecule has 0 spiro atoms. The molecule has 1 aromatic carbocycles. The van der Waals surface area contributed by atoms with Crippen LogP contribution in [0.3, 0.4) is 0 Å². The molecule has 0 bridgehead atoms. The second kappa shape index (κ2) is 10.4. The van der Waals surface area contributed by atoms with Gasteiger partial charge in [-0.15, -0.1) is 0 Å². The normalized spacial score (nSPS) is 18.1. The summed E-state index contributed by atoms with van der Waals surface area (Å²) in [6.07, 6.45) is 5.29. The highest BCUT2D eigenvalue weighted by molar-refractivity contribution is 5.81. The van der Waals surface area contributed by atoms with Crippen LogP contribution in [0.25, 0.3) is 5.57 Å². The highest BCUT2D eigenvalue weighted by Gasteiger charge is 2.18. The number of piperazine rings is 1. The minimum Gasteiger partial charge on any atom is -0.354 e. The SMILES string of the molecule is CCN1CCN(c2cc(CNC(=NC)N3CC=C(c4ccccc4)CC3)ccn2)CC1. The van der Waals surface area contributed by atoms with Crippen LogP contribution in [0.4, 0.5) is 5.82 Å². The molecule has 3 heterocycles. The van der Waals surface area contributed by atoms with Crippen molar-refractivity contribution in [1.82, 2.24) is 20.1 Å². The topological polar surface area (TPSA) is 47.0 Å². The third kappa shape index (κ3) is 5.44. The maximum absolute atomic E-state index is 4.62. The number of likely N-dealkylation sites (N-methyl/N-ethyl adjacent to an activating group) is 1. The van der Waals surface area contributed by atoms with E-state index >= 15 is 0 Å². The van der Waals surface area contributed by atoms with E-state index in [0.29, 0.717) is 0 Å². The second-order valence-corrected chi connectivity index (χ2v) is 8.14. The zero-order valence-corrected chi connectivity index (χ0v) is 18.8. The zero-order chi connectivity index (χ0) is 21.5. The summed E-state index contributed by atoms with van der Waals surface area (Å²) in [4.78, 5) is 16.3. The summed E-state index contributed by atoms with van der Waals surface area (Å²) >= 11 is 0. The lowest BCUT2D eigenvalue weighted by Crippen LogP contribution is -2.46. The minimum absolute atomic E-state index is 0.753. The first-order valence-electron chi connectivity index (χ1n) is 11.4. The van der Waals surface area contributed by atoms with Gasteiger partial charge in [0.15, 0.2) is 5.96 Å². The van der Waals surface area contributed by atoms with Gasteiger partial charge in [0.25, 0.3) is 0 Å². The number of aromatic nitrogens is 1. The van der Waals surface area contributed by atoms with Crippen LogP contribution in [-0.2, 0) is 6.54 Å². The molecule has 4 rings (SSSR count).